The molecule has 1 aromatic rings. The Morgan fingerprint density at radius 1 is 1.60 bits per heavy atom. The predicted molar refractivity (Wildman–Crippen MR) is 60.5 cm³/mol. The van der Waals surface area contributed by atoms with Crippen molar-refractivity contribution in [3.63, 3.8) is 0 Å². The van der Waals surface area contributed by atoms with E-state index in [-0.39, 0.29) is 0 Å². The summed E-state index contributed by atoms with van der Waals surface area (Å²) in [6.07, 6.45) is -0.810. The minimum Gasteiger partial charge on any atom is -0.479 e. The van der Waals surface area contributed by atoms with Crippen molar-refractivity contribution in [2.24, 2.45) is 0 Å². The van der Waals surface area contributed by atoms with Crippen LogP contribution in [0, 0.1) is 6.92 Å². The number of hydrogen-bond acceptors (Lipinski definition) is 3. The Hall–Kier alpha value is -0.870. The fraction of sp³-hybridized carbons (Fsp3) is 0.545. The van der Waals surface area contributed by atoms with Crippen LogP contribution in [0.2, 0.25) is 0 Å². The number of aryl methyl sites for hydroxylation is 1. The van der Waals surface area contributed by atoms with E-state index in [9.17, 15) is 4.79 Å². The van der Waals surface area contributed by atoms with Gasteiger partial charge in [0, 0.05) is 17.4 Å². The van der Waals surface area contributed by atoms with E-state index < -0.39 is 17.5 Å². The Bertz CT molecular complexity index is 354. The van der Waals surface area contributed by atoms with Gasteiger partial charge in [0.05, 0.1) is 0 Å². The molecule has 1 atom stereocenters. The monoisotopic (exact) mass is 228 g/mol. The second-order valence-corrected chi connectivity index (χ2v) is 5.02. The molecule has 0 spiro atoms. The molecule has 84 valence electrons. The number of hydrogen-bond donors (Lipinski definition) is 1. The minimum absolute atomic E-state index is 0.501. The van der Waals surface area contributed by atoms with Gasteiger partial charge < -0.3 is 9.84 Å². The summed E-state index contributed by atoms with van der Waals surface area (Å²) >= 11 is 1.57. The number of aliphatic carboxylic acids is 1. The van der Waals surface area contributed by atoms with Crippen LogP contribution < -0.4 is 0 Å². The van der Waals surface area contributed by atoms with Crippen molar-refractivity contribution >= 4 is 17.3 Å². The smallest absolute Gasteiger partial charge is 0.333 e. The van der Waals surface area contributed by atoms with Crippen molar-refractivity contribution in [1.29, 1.82) is 0 Å². The van der Waals surface area contributed by atoms with Gasteiger partial charge in [-0.1, -0.05) is 13.8 Å². The maximum atomic E-state index is 11.1. The first-order valence-electron chi connectivity index (χ1n) is 4.71. The van der Waals surface area contributed by atoms with Crippen LogP contribution in [0.4, 0.5) is 0 Å². The average Bonchev–Trinajstić information content (AvgIpc) is 2.51. The maximum Gasteiger partial charge on any atom is 0.333 e. The third kappa shape index (κ3) is 2.21. The van der Waals surface area contributed by atoms with Gasteiger partial charge in [0.25, 0.3) is 0 Å². The lowest BCUT2D eigenvalue weighted by Crippen LogP contribution is -2.41. The van der Waals surface area contributed by atoms with Gasteiger partial charge in [0.15, 0.2) is 6.10 Å². The predicted octanol–water partition coefficient (Wildman–Crippen LogP) is 2.43. The van der Waals surface area contributed by atoms with Crippen LogP contribution in [0.5, 0.6) is 0 Å². The summed E-state index contributed by atoms with van der Waals surface area (Å²) in [7, 11) is 1.43. The summed E-state index contributed by atoms with van der Waals surface area (Å²) in [5.74, 6) is -0.921. The Kier molecular flexibility index (Phi) is 3.52. The fourth-order valence-corrected chi connectivity index (χ4v) is 2.93. The lowest BCUT2D eigenvalue weighted by molar-refractivity contribution is -0.152. The largest absolute Gasteiger partial charge is 0.479 e. The Morgan fingerprint density at radius 3 is 2.53 bits per heavy atom. The van der Waals surface area contributed by atoms with E-state index in [1.165, 1.54) is 7.11 Å². The second-order valence-electron chi connectivity index (χ2n) is 4.11. The van der Waals surface area contributed by atoms with Crippen molar-refractivity contribution in [2.75, 3.05) is 7.11 Å². The maximum absolute atomic E-state index is 11.1. The third-order valence-electron chi connectivity index (χ3n) is 2.56. The summed E-state index contributed by atoms with van der Waals surface area (Å²) < 4.78 is 5.06. The first kappa shape index (κ1) is 12.2. The molecule has 3 nitrogen and oxygen atoms in total. The van der Waals surface area contributed by atoms with Crippen LogP contribution in [0.25, 0.3) is 0 Å². The summed E-state index contributed by atoms with van der Waals surface area (Å²) in [6, 6.07) is 2.00. The first-order valence-corrected chi connectivity index (χ1v) is 5.59. The molecule has 1 aromatic heterocycles. The van der Waals surface area contributed by atoms with Crippen LogP contribution in [-0.2, 0) is 14.9 Å². The molecule has 0 saturated carbocycles. The lowest BCUT2D eigenvalue weighted by atomic mass is 9.83. The zero-order valence-corrected chi connectivity index (χ0v) is 10.2. The van der Waals surface area contributed by atoms with E-state index in [0.29, 0.717) is 0 Å². The second kappa shape index (κ2) is 4.33. The molecular weight excluding hydrogens is 212 g/mol. The van der Waals surface area contributed by atoms with E-state index in [2.05, 4.69) is 0 Å². The molecule has 4 heteroatoms. The van der Waals surface area contributed by atoms with Crippen LogP contribution in [0.1, 0.15) is 24.3 Å². The summed E-state index contributed by atoms with van der Waals surface area (Å²) in [5.41, 5.74) is 0.618. The average molecular weight is 228 g/mol. The molecule has 1 unspecified atom stereocenters. The van der Waals surface area contributed by atoms with E-state index in [1.54, 1.807) is 11.3 Å². The SMILES string of the molecule is COC(C(=O)O)C(C)(C)c1sccc1C. The zero-order valence-electron chi connectivity index (χ0n) is 9.40. The quantitative estimate of drug-likeness (QED) is 0.861. The van der Waals surface area contributed by atoms with E-state index in [4.69, 9.17) is 9.84 Å². The highest BCUT2D eigenvalue weighted by molar-refractivity contribution is 7.10. The number of ether oxygens (including phenoxy) is 1. The summed E-state index contributed by atoms with van der Waals surface area (Å²) in [6.45, 7) is 5.78. The number of rotatable bonds is 4. The van der Waals surface area contributed by atoms with Crippen LogP contribution in [0.3, 0.4) is 0 Å². The molecule has 0 aliphatic rings. The number of thiophene rings is 1. The summed E-state index contributed by atoms with van der Waals surface area (Å²) in [4.78, 5) is 12.1. The number of carboxylic acid groups (broad SMARTS) is 1. The van der Waals surface area contributed by atoms with Gasteiger partial charge in [0.1, 0.15) is 0 Å². The lowest BCUT2D eigenvalue weighted by Gasteiger charge is -2.30. The van der Waals surface area contributed by atoms with Crippen molar-refractivity contribution in [3.8, 4) is 0 Å². The van der Waals surface area contributed by atoms with Gasteiger partial charge in [-0.05, 0) is 23.9 Å². The molecule has 0 aromatic carbocycles. The highest BCUT2D eigenvalue weighted by atomic mass is 32.1. The minimum atomic E-state index is -0.921. The third-order valence-corrected chi connectivity index (χ3v) is 3.92. The number of methoxy groups -OCH3 is 1. The molecule has 0 amide bonds. The molecule has 15 heavy (non-hydrogen) atoms. The topological polar surface area (TPSA) is 46.5 Å². The summed E-state index contributed by atoms with van der Waals surface area (Å²) in [5, 5.41) is 11.1. The molecule has 1 heterocycles. The number of carboxylic acids is 1. The highest BCUT2D eigenvalue weighted by Gasteiger charge is 2.38. The highest BCUT2D eigenvalue weighted by Crippen LogP contribution is 2.35. The van der Waals surface area contributed by atoms with E-state index >= 15 is 0 Å². The molecule has 0 bridgehead atoms. The van der Waals surface area contributed by atoms with Crippen LogP contribution in [0.15, 0.2) is 11.4 Å². The fourth-order valence-electron chi connectivity index (χ4n) is 1.86. The molecule has 1 N–H and O–H groups in total. The van der Waals surface area contributed by atoms with Gasteiger partial charge in [-0.15, -0.1) is 11.3 Å². The van der Waals surface area contributed by atoms with E-state index in [0.717, 1.165) is 10.4 Å². The van der Waals surface area contributed by atoms with Gasteiger partial charge in [-0.25, -0.2) is 4.79 Å². The van der Waals surface area contributed by atoms with Crippen molar-refractivity contribution in [3.05, 3.63) is 21.9 Å². The van der Waals surface area contributed by atoms with Gasteiger partial charge >= 0.3 is 5.97 Å². The van der Waals surface area contributed by atoms with Crippen LogP contribution in [-0.4, -0.2) is 24.3 Å². The van der Waals surface area contributed by atoms with Gasteiger partial charge in [-0.3, -0.25) is 0 Å². The molecule has 0 fully saturated rings. The first-order chi connectivity index (χ1) is 6.91. The Balaban J connectivity index is 3.11. The number of carbonyl (C=O) groups is 1. The Labute approximate surface area is 93.7 Å². The van der Waals surface area contributed by atoms with Gasteiger partial charge in [-0.2, -0.15) is 0 Å². The molecule has 0 saturated heterocycles. The Morgan fingerprint density at radius 2 is 2.20 bits per heavy atom. The normalized spacial score (nSPS) is 13.9. The molecule has 0 radical (unpaired) electrons. The standard InChI is InChI=1S/C11H16O3S/c1-7-5-6-15-9(7)11(2,3)8(14-4)10(12)13/h5-6,8H,1-4H3,(H,12,13). The van der Waals surface area contributed by atoms with Crippen molar-refractivity contribution in [1.82, 2.24) is 0 Å². The van der Waals surface area contributed by atoms with Crippen LogP contribution >= 0.6 is 11.3 Å². The molecular formula is C11H16O3S. The zero-order chi connectivity index (χ0) is 11.6. The van der Waals surface area contributed by atoms with E-state index in [1.807, 2.05) is 32.2 Å². The molecule has 0 aliphatic heterocycles. The van der Waals surface area contributed by atoms with Crippen molar-refractivity contribution < 1.29 is 14.6 Å². The molecule has 0 aliphatic carbocycles. The van der Waals surface area contributed by atoms with Gasteiger partial charge in [0.2, 0.25) is 0 Å². The molecule has 1 rings (SSSR count). The van der Waals surface area contributed by atoms with Crippen molar-refractivity contribution in [2.45, 2.75) is 32.3 Å².